The van der Waals surface area contributed by atoms with Crippen molar-refractivity contribution in [1.82, 2.24) is 5.32 Å². The van der Waals surface area contributed by atoms with Crippen molar-refractivity contribution in [1.29, 1.82) is 0 Å². The fraction of sp³-hybridized carbons (Fsp3) is 0.533. The maximum atomic E-state index is 13.0. The standard InChI is InChI=1S/C15H20F2N2O2.ClH/c16-13-5-4-12(9-14(13)17)21-7-6-19-15(20)10-2-1-3-11(18)8-10;/h4-5,9-11H,1-3,6-8,18H2,(H,19,20);1H. The topological polar surface area (TPSA) is 64.4 Å². The van der Waals surface area contributed by atoms with Crippen LogP contribution in [0.3, 0.4) is 0 Å². The Morgan fingerprint density at radius 1 is 1.32 bits per heavy atom. The number of carbonyl (C=O) groups excluding carboxylic acids is 1. The normalized spacial score (nSPS) is 20.9. The predicted molar refractivity (Wildman–Crippen MR) is 82.0 cm³/mol. The fourth-order valence-corrected chi connectivity index (χ4v) is 2.52. The quantitative estimate of drug-likeness (QED) is 0.813. The summed E-state index contributed by atoms with van der Waals surface area (Å²) in [5.41, 5.74) is 5.85. The van der Waals surface area contributed by atoms with Crippen molar-refractivity contribution < 1.29 is 18.3 Å². The van der Waals surface area contributed by atoms with Crippen molar-refractivity contribution in [2.45, 2.75) is 31.7 Å². The molecule has 1 aliphatic rings. The van der Waals surface area contributed by atoms with Crippen LogP contribution in [0.2, 0.25) is 0 Å². The van der Waals surface area contributed by atoms with Crippen molar-refractivity contribution in [3.05, 3.63) is 29.8 Å². The van der Waals surface area contributed by atoms with Crippen LogP contribution in [0.5, 0.6) is 5.75 Å². The van der Waals surface area contributed by atoms with E-state index in [1.165, 1.54) is 6.07 Å². The summed E-state index contributed by atoms with van der Waals surface area (Å²) in [4.78, 5) is 11.9. The number of benzene rings is 1. The molecule has 3 N–H and O–H groups in total. The summed E-state index contributed by atoms with van der Waals surface area (Å²) >= 11 is 0. The lowest BCUT2D eigenvalue weighted by Crippen LogP contribution is -2.39. The van der Waals surface area contributed by atoms with Gasteiger partial charge in [-0.25, -0.2) is 8.78 Å². The summed E-state index contributed by atoms with van der Waals surface area (Å²) in [6.45, 7) is 0.527. The van der Waals surface area contributed by atoms with Gasteiger partial charge in [-0.3, -0.25) is 4.79 Å². The third-order valence-electron chi connectivity index (χ3n) is 3.65. The molecule has 0 saturated heterocycles. The molecule has 0 aliphatic heterocycles. The number of hydrogen-bond donors (Lipinski definition) is 2. The highest BCUT2D eigenvalue weighted by Gasteiger charge is 2.24. The zero-order valence-corrected chi connectivity index (χ0v) is 13.0. The Labute approximate surface area is 134 Å². The van der Waals surface area contributed by atoms with Gasteiger partial charge in [0.25, 0.3) is 0 Å². The molecule has 22 heavy (non-hydrogen) atoms. The minimum absolute atomic E-state index is 0. The average molecular weight is 335 g/mol. The number of carbonyl (C=O) groups is 1. The average Bonchev–Trinajstić information content (AvgIpc) is 2.47. The minimum Gasteiger partial charge on any atom is -0.492 e. The SMILES string of the molecule is Cl.NC1CCCC(C(=O)NCCOc2ccc(F)c(F)c2)C1. The number of rotatable bonds is 5. The molecule has 1 saturated carbocycles. The molecule has 2 rings (SSSR count). The third kappa shape index (κ3) is 5.42. The first-order valence-corrected chi connectivity index (χ1v) is 7.17. The van der Waals surface area contributed by atoms with Crippen molar-refractivity contribution >= 4 is 18.3 Å². The predicted octanol–water partition coefficient (Wildman–Crippen LogP) is 2.40. The Hall–Kier alpha value is -1.40. The lowest BCUT2D eigenvalue weighted by atomic mass is 9.85. The molecule has 1 amide bonds. The minimum atomic E-state index is -0.951. The monoisotopic (exact) mass is 334 g/mol. The van der Waals surface area contributed by atoms with Crippen molar-refractivity contribution in [3.63, 3.8) is 0 Å². The molecule has 124 valence electrons. The van der Waals surface area contributed by atoms with E-state index in [0.717, 1.165) is 37.8 Å². The van der Waals surface area contributed by atoms with Gasteiger partial charge in [0, 0.05) is 18.0 Å². The molecular weight excluding hydrogens is 314 g/mol. The number of halogens is 3. The molecule has 1 aromatic rings. The lowest BCUT2D eigenvalue weighted by Gasteiger charge is -2.25. The van der Waals surface area contributed by atoms with Gasteiger partial charge in [-0.05, 0) is 31.4 Å². The highest BCUT2D eigenvalue weighted by molar-refractivity contribution is 5.85. The highest BCUT2D eigenvalue weighted by Crippen LogP contribution is 2.23. The Bertz CT molecular complexity index is 502. The van der Waals surface area contributed by atoms with Crippen LogP contribution < -0.4 is 15.8 Å². The van der Waals surface area contributed by atoms with Crippen LogP contribution in [0, 0.1) is 17.6 Å². The van der Waals surface area contributed by atoms with Crippen molar-refractivity contribution in [2.75, 3.05) is 13.2 Å². The zero-order chi connectivity index (χ0) is 15.2. The Balaban J connectivity index is 0.00000242. The van der Waals surface area contributed by atoms with Crippen LogP contribution in [0.1, 0.15) is 25.7 Å². The van der Waals surface area contributed by atoms with Crippen LogP contribution in [-0.2, 0) is 4.79 Å². The molecule has 4 nitrogen and oxygen atoms in total. The molecular formula is C15H21ClF2N2O2. The molecule has 0 heterocycles. The van der Waals surface area contributed by atoms with Crippen LogP contribution in [0.25, 0.3) is 0 Å². The first-order chi connectivity index (χ1) is 10.1. The molecule has 2 unspecified atom stereocenters. The van der Waals surface area contributed by atoms with Crippen LogP contribution >= 0.6 is 12.4 Å². The molecule has 0 aromatic heterocycles. The molecule has 1 fully saturated rings. The summed E-state index contributed by atoms with van der Waals surface area (Å²) in [6.07, 6.45) is 3.53. The van der Waals surface area contributed by atoms with Gasteiger partial charge in [-0.15, -0.1) is 12.4 Å². The first kappa shape index (κ1) is 18.6. The summed E-state index contributed by atoms with van der Waals surface area (Å²) in [6, 6.07) is 3.44. The maximum Gasteiger partial charge on any atom is 0.223 e. The fourth-order valence-electron chi connectivity index (χ4n) is 2.52. The second kappa shape index (κ2) is 8.90. The Kier molecular flexibility index (Phi) is 7.55. The molecule has 7 heteroatoms. The van der Waals surface area contributed by atoms with E-state index in [0.29, 0.717) is 6.54 Å². The number of amides is 1. The molecule has 0 bridgehead atoms. The molecule has 1 aromatic carbocycles. The van der Waals surface area contributed by atoms with Gasteiger partial charge in [0.1, 0.15) is 12.4 Å². The summed E-state index contributed by atoms with van der Waals surface area (Å²) in [5, 5.41) is 2.78. The zero-order valence-electron chi connectivity index (χ0n) is 12.2. The van der Waals surface area contributed by atoms with Crippen LogP contribution in [-0.4, -0.2) is 25.1 Å². The van der Waals surface area contributed by atoms with E-state index in [-0.39, 0.29) is 42.6 Å². The van der Waals surface area contributed by atoms with Crippen LogP contribution in [0.4, 0.5) is 8.78 Å². The molecule has 1 aliphatic carbocycles. The van der Waals surface area contributed by atoms with E-state index < -0.39 is 11.6 Å². The Morgan fingerprint density at radius 3 is 2.77 bits per heavy atom. The van der Waals surface area contributed by atoms with E-state index >= 15 is 0 Å². The smallest absolute Gasteiger partial charge is 0.223 e. The lowest BCUT2D eigenvalue weighted by molar-refractivity contribution is -0.126. The number of nitrogens with two attached hydrogens (primary N) is 1. The van der Waals surface area contributed by atoms with Crippen LogP contribution in [0.15, 0.2) is 18.2 Å². The maximum absolute atomic E-state index is 13.0. The van der Waals surface area contributed by atoms with Gasteiger partial charge < -0.3 is 15.8 Å². The molecule has 0 radical (unpaired) electrons. The van der Waals surface area contributed by atoms with E-state index in [1.807, 2.05) is 0 Å². The van der Waals surface area contributed by atoms with Gasteiger partial charge in [0.05, 0.1) is 6.54 Å². The number of nitrogens with one attached hydrogen (secondary N) is 1. The second-order valence-electron chi connectivity index (χ2n) is 5.34. The summed E-state index contributed by atoms with van der Waals surface area (Å²) in [5.74, 6) is -1.67. The van der Waals surface area contributed by atoms with E-state index in [2.05, 4.69) is 5.32 Å². The van der Waals surface area contributed by atoms with Crippen molar-refractivity contribution in [2.24, 2.45) is 11.7 Å². The van der Waals surface area contributed by atoms with Gasteiger partial charge >= 0.3 is 0 Å². The van der Waals surface area contributed by atoms with Gasteiger partial charge in [-0.2, -0.15) is 0 Å². The van der Waals surface area contributed by atoms with Crippen molar-refractivity contribution in [3.8, 4) is 5.75 Å². The molecule has 2 atom stereocenters. The van der Waals surface area contributed by atoms with Gasteiger partial charge in [0.2, 0.25) is 5.91 Å². The van der Waals surface area contributed by atoms with E-state index in [4.69, 9.17) is 10.5 Å². The number of hydrogen-bond acceptors (Lipinski definition) is 3. The Morgan fingerprint density at radius 2 is 2.09 bits per heavy atom. The van der Waals surface area contributed by atoms with E-state index in [1.54, 1.807) is 0 Å². The van der Waals surface area contributed by atoms with Gasteiger partial charge in [0.15, 0.2) is 11.6 Å². The third-order valence-corrected chi connectivity index (χ3v) is 3.65. The summed E-state index contributed by atoms with van der Waals surface area (Å²) < 4.78 is 30.9. The summed E-state index contributed by atoms with van der Waals surface area (Å²) in [7, 11) is 0. The first-order valence-electron chi connectivity index (χ1n) is 7.17. The highest BCUT2D eigenvalue weighted by atomic mass is 35.5. The van der Waals surface area contributed by atoms with E-state index in [9.17, 15) is 13.6 Å². The number of ether oxygens (including phenoxy) is 1. The second-order valence-corrected chi connectivity index (χ2v) is 5.34. The molecule has 0 spiro atoms. The van der Waals surface area contributed by atoms with Gasteiger partial charge in [-0.1, -0.05) is 6.42 Å². The largest absolute Gasteiger partial charge is 0.492 e.